The maximum Gasteiger partial charge on any atom is 0.339 e. The van der Waals surface area contributed by atoms with E-state index in [0.717, 1.165) is 0 Å². The normalized spacial score (nSPS) is 11.3. The van der Waals surface area contributed by atoms with E-state index in [0.29, 0.717) is 16.7 Å². The van der Waals surface area contributed by atoms with Crippen molar-refractivity contribution in [2.45, 2.75) is 13.0 Å². The molecular formula is C22H18N2O5. The number of carbonyl (C=O) groups excluding carboxylic acids is 2. The van der Waals surface area contributed by atoms with Crippen LogP contribution >= 0.6 is 0 Å². The van der Waals surface area contributed by atoms with Crippen LogP contribution in [0.15, 0.2) is 78.9 Å². The van der Waals surface area contributed by atoms with Gasteiger partial charge in [0.1, 0.15) is 5.69 Å². The Hall–Kier alpha value is -4.00. The molecule has 0 aromatic heterocycles. The lowest BCUT2D eigenvalue weighted by Crippen LogP contribution is -2.26. The van der Waals surface area contributed by atoms with Gasteiger partial charge in [-0.15, -0.1) is 0 Å². The van der Waals surface area contributed by atoms with Gasteiger partial charge in [0.25, 0.3) is 11.6 Å². The van der Waals surface area contributed by atoms with Crippen LogP contribution in [0.5, 0.6) is 0 Å². The van der Waals surface area contributed by atoms with Crippen molar-refractivity contribution in [3.63, 3.8) is 0 Å². The van der Waals surface area contributed by atoms with E-state index in [2.05, 4.69) is 5.32 Å². The number of carbonyl (C=O) groups is 2. The minimum atomic E-state index is -1.27. The Kier molecular flexibility index (Phi) is 5.99. The maximum absolute atomic E-state index is 12.9. The number of anilines is 1. The molecule has 7 nitrogen and oxygen atoms in total. The second-order valence-electron chi connectivity index (χ2n) is 6.33. The van der Waals surface area contributed by atoms with Crippen LogP contribution in [-0.4, -0.2) is 16.8 Å². The zero-order valence-electron chi connectivity index (χ0n) is 15.6. The van der Waals surface area contributed by atoms with Gasteiger partial charge in [-0.1, -0.05) is 54.6 Å². The van der Waals surface area contributed by atoms with Gasteiger partial charge in [-0.3, -0.25) is 14.9 Å². The number of nitrogens with zero attached hydrogens (tertiary/aromatic N) is 1. The highest BCUT2D eigenvalue weighted by atomic mass is 16.6. The summed E-state index contributed by atoms with van der Waals surface area (Å²) in [7, 11) is 0. The lowest BCUT2D eigenvalue weighted by Gasteiger charge is -2.18. The number of hydrogen-bond donors (Lipinski definition) is 1. The van der Waals surface area contributed by atoms with Crippen LogP contribution in [0.4, 0.5) is 11.4 Å². The molecule has 0 heterocycles. The monoisotopic (exact) mass is 390 g/mol. The van der Waals surface area contributed by atoms with E-state index in [1.54, 1.807) is 73.7 Å². The minimum Gasteiger partial charge on any atom is -0.444 e. The summed E-state index contributed by atoms with van der Waals surface area (Å²) in [6.07, 6.45) is -1.27. The van der Waals surface area contributed by atoms with E-state index in [1.807, 2.05) is 0 Å². The predicted molar refractivity (Wildman–Crippen MR) is 108 cm³/mol. The van der Waals surface area contributed by atoms with Gasteiger partial charge in [0.2, 0.25) is 6.10 Å². The molecule has 29 heavy (non-hydrogen) atoms. The predicted octanol–water partition coefficient (Wildman–Crippen LogP) is 4.44. The summed E-state index contributed by atoms with van der Waals surface area (Å²) in [6.45, 7) is 1.72. The van der Waals surface area contributed by atoms with Crippen LogP contribution in [0.2, 0.25) is 0 Å². The van der Waals surface area contributed by atoms with Crippen molar-refractivity contribution >= 4 is 23.3 Å². The largest absolute Gasteiger partial charge is 0.444 e. The molecule has 0 saturated carbocycles. The van der Waals surface area contributed by atoms with E-state index in [1.165, 1.54) is 12.1 Å². The Balaban J connectivity index is 1.90. The zero-order chi connectivity index (χ0) is 20.8. The third-order valence-electron chi connectivity index (χ3n) is 4.18. The van der Waals surface area contributed by atoms with Gasteiger partial charge in [-0.25, -0.2) is 4.79 Å². The molecule has 0 saturated heterocycles. The molecular weight excluding hydrogens is 372 g/mol. The Morgan fingerprint density at radius 2 is 1.59 bits per heavy atom. The van der Waals surface area contributed by atoms with Crippen molar-refractivity contribution < 1.29 is 19.2 Å². The average molecular weight is 390 g/mol. The highest BCUT2D eigenvalue weighted by Gasteiger charge is 2.27. The van der Waals surface area contributed by atoms with Gasteiger partial charge in [0, 0.05) is 11.6 Å². The van der Waals surface area contributed by atoms with Gasteiger partial charge in [0.05, 0.1) is 10.5 Å². The highest BCUT2D eigenvalue weighted by molar-refractivity contribution is 5.99. The summed E-state index contributed by atoms with van der Waals surface area (Å²) < 4.78 is 5.46. The molecule has 1 unspecified atom stereocenters. The van der Waals surface area contributed by atoms with Crippen molar-refractivity contribution in [2.24, 2.45) is 0 Å². The molecule has 7 heteroatoms. The van der Waals surface area contributed by atoms with Crippen LogP contribution in [0.1, 0.15) is 27.6 Å². The van der Waals surface area contributed by atoms with Crippen LogP contribution < -0.4 is 5.32 Å². The molecule has 1 atom stereocenters. The molecule has 1 N–H and O–H groups in total. The average Bonchev–Trinajstić information content (AvgIpc) is 2.74. The Bertz CT molecular complexity index is 1040. The molecule has 0 aliphatic heterocycles. The number of aryl methyl sites for hydroxylation is 1. The topological polar surface area (TPSA) is 98.5 Å². The SMILES string of the molecule is Cc1ccc(NC(=O)C(OC(=O)c2ccccc2)c2ccccc2)c([N+](=O)[O-])c1. The first kappa shape index (κ1) is 19.8. The second-order valence-corrected chi connectivity index (χ2v) is 6.33. The van der Waals surface area contributed by atoms with E-state index in [-0.39, 0.29) is 11.4 Å². The molecule has 1 amide bonds. The summed E-state index contributed by atoms with van der Waals surface area (Å²) in [4.78, 5) is 36.2. The fourth-order valence-corrected chi connectivity index (χ4v) is 2.75. The molecule has 146 valence electrons. The standard InChI is InChI=1S/C22H18N2O5/c1-15-12-13-18(19(14-15)24(27)28)23-21(25)20(16-8-4-2-5-9-16)29-22(26)17-10-6-3-7-11-17/h2-14,20H,1H3,(H,23,25). The number of hydrogen-bond acceptors (Lipinski definition) is 5. The molecule has 0 aliphatic carbocycles. The third kappa shape index (κ3) is 4.84. The molecule has 3 aromatic rings. The van der Waals surface area contributed by atoms with Gasteiger partial charge < -0.3 is 10.1 Å². The first-order valence-electron chi connectivity index (χ1n) is 8.82. The highest BCUT2D eigenvalue weighted by Crippen LogP contribution is 2.28. The first-order valence-corrected chi connectivity index (χ1v) is 8.82. The maximum atomic E-state index is 12.9. The molecule has 0 spiro atoms. The van der Waals surface area contributed by atoms with Gasteiger partial charge in [-0.05, 0) is 30.7 Å². The van der Waals surface area contributed by atoms with E-state index in [9.17, 15) is 19.7 Å². The van der Waals surface area contributed by atoms with Crippen LogP contribution in [0.3, 0.4) is 0 Å². The van der Waals surface area contributed by atoms with E-state index < -0.39 is 22.9 Å². The number of nitrogens with one attached hydrogen (secondary N) is 1. The van der Waals surface area contributed by atoms with Gasteiger partial charge in [-0.2, -0.15) is 0 Å². The van der Waals surface area contributed by atoms with Gasteiger partial charge in [0.15, 0.2) is 0 Å². The minimum absolute atomic E-state index is 0.0299. The quantitative estimate of drug-likeness (QED) is 0.381. The molecule has 3 aromatic carbocycles. The Morgan fingerprint density at radius 3 is 2.21 bits per heavy atom. The van der Waals surface area contributed by atoms with Crippen LogP contribution in [0, 0.1) is 17.0 Å². The molecule has 0 aliphatic rings. The third-order valence-corrected chi connectivity index (χ3v) is 4.18. The fourth-order valence-electron chi connectivity index (χ4n) is 2.75. The number of benzene rings is 3. The molecule has 3 rings (SSSR count). The summed E-state index contributed by atoms with van der Waals surface area (Å²) in [5.74, 6) is -1.36. The zero-order valence-corrected chi connectivity index (χ0v) is 15.6. The summed E-state index contributed by atoms with van der Waals surface area (Å²) in [6, 6.07) is 21.2. The number of ether oxygens (including phenoxy) is 1. The number of amides is 1. The van der Waals surface area contributed by atoms with Crippen molar-refractivity contribution in [2.75, 3.05) is 5.32 Å². The first-order chi connectivity index (χ1) is 14.0. The van der Waals surface area contributed by atoms with Crippen molar-refractivity contribution in [1.82, 2.24) is 0 Å². The van der Waals surface area contributed by atoms with Crippen LogP contribution in [0.25, 0.3) is 0 Å². The summed E-state index contributed by atoms with van der Waals surface area (Å²) >= 11 is 0. The number of esters is 1. The number of rotatable bonds is 6. The number of nitro benzene ring substituents is 1. The molecule has 0 radical (unpaired) electrons. The smallest absolute Gasteiger partial charge is 0.339 e. The molecule has 0 bridgehead atoms. The van der Waals surface area contributed by atoms with Crippen molar-refractivity contribution in [3.8, 4) is 0 Å². The van der Waals surface area contributed by atoms with Crippen molar-refractivity contribution in [3.05, 3.63) is 106 Å². The molecule has 0 fully saturated rings. The Labute approximate surface area is 167 Å². The number of nitro groups is 1. The van der Waals surface area contributed by atoms with Crippen molar-refractivity contribution in [1.29, 1.82) is 0 Å². The fraction of sp³-hybridized carbons (Fsp3) is 0.0909. The second kappa shape index (κ2) is 8.79. The van der Waals surface area contributed by atoms with Gasteiger partial charge >= 0.3 is 5.97 Å². The van der Waals surface area contributed by atoms with E-state index in [4.69, 9.17) is 4.74 Å². The summed E-state index contributed by atoms with van der Waals surface area (Å²) in [5.41, 5.74) is 1.22. The lowest BCUT2D eigenvalue weighted by molar-refractivity contribution is -0.384. The lowest BCUT2D eigenvalue weighted by atomic mass is 10.1. The Morgan fingerprint density at radius 1 is 0.966 bits per heavy atom. The van der Waals surface area contributed by atoms with Crippen LogP contribution in [-0.2, 0) is 9.53 Å². The van der Waals surface area contributed by atoms with E-state index >= 15 is 0 Å². The summed E-state index contributed by atoms with van der Waals surface area (Å²) in [5, 5.41) is 13.8.